The molecule has 2 heterocycles. The van der Waals surface area contributed by atoms with Crippen LogP contribution >= 0.6 is 0 Å². The monoisotopic (exact) mass is 299 g/mol. The van der Waals surface area contributed by atoms with E-state index in [0.29, 0.717) is 13.1 Å². The van der Waals surface area contributed by atoms with Crippen LogP contribution in [0.5, 0.6) is 0 Å². The molecule has 1 aliphatic rings. The lowest BCUT2D eigenvalue weighted by molar-refractivity contribution is -0.0693. The van der Waals surface area contributed by atoms with E-state index in [0.717, 1.165) is 5.56 Å². The van der Waals surface area contributed by atoms with Gasteiger partial charge in [-0.3, -0.25) is 9.59 Å². The summed E-state index contributed by atoms with van der Waals surface area (Å²) in [5, 5.41) is 6.10. The Balaban J connectivity index is 1.80. The minimum Gasteiger partial charge on any atom is -0.367 e. The van der Waals surface area contributed by atoms with E-state index in [9.17, 15) is 9.59 Å². The molecule has 6 heteroatoms. The van der Waals surface area contributed by atoms with Gasteiger partial charge in [-0.25, -0.2) is 5.10 Å². The van der Waals surface area contributed by atoms with Crippen molar-refractivity contribution in [2.24, 2.45) is 0 Å². The molecule has 1 saturated heterocycles. The minimum atomic E-state index is -0.325. The van der Waals surface area contributed by atoms with Crippen molar-refractivity contribution in [2.75, 3.05) is 13.1 Å². The van der Waals surface area contributed by atoms with Crippen molar-refractivity contribution in [1.29, 1.82) is 0 Å². The fourth-order valence-electron chi connectivity index (χ4n) is 2.59. The maximum atomic E-state index is 12.5. The van der Waals surface area contributed by atoms with Crippen LogP contribution in [0, 0.1) is 0 Å². The molecule has 2 aromatic rings. The number of nitrogens with one attached hydrogen (secondary N) is 1. The van der Waals surface area contributed by atoms with Crippen molar-refractivity contribution in [3.63, 3.8) is 0 Å². The SMILES string of the molecule is C[C@@H]1CN(C(=O)c2ccc(=O)[nH]n2)C[C@@H](c2ccccc2)O1. The van der Waals surface area contributed by atoms with Gasteiger partial charge in [0.05, 0.1) is 12.6 Å². The van der Waals surface area contributed by atoms with Crippen molar-refractivity contribution in [3.05, 3.63) is 64.1 Å². The molecule has 1 N–H and O–H groups in total. The quantitative estimate of drug-likeness (QED) is 0.909. The fourth-order valence-corrected chi connectivity index (χ4v) is 2.59. The van der Waals surface area contributed by atoms with Crippen LogP contribution in [0.3, 0.4) is 0 Å². The Morgan fingerprint density at radius 2 is 2.00 bits per heavy atom. The zero-order valence-electron chi connectivity index (χ0n) is 12.2. The van der Waals surface area contributed by atoms with E-state index in [4.69, 9.17) is 4.74 Å². The molecule has 0 aliphatic carbocycles. The Kier molecular flexibility index (Phi) is 4.02. The summed E-state index contributed by atoms with van der Waals surface area (Å²) in [6.45, 7) is 2.91. The number of ether oxygens (including phenoxy) is 1. The Hall–Kier alpha value is -2.47. The number of hydrogen-bond donors (Lipinski definition) is 1. The molecule has 0 radical (unpaired) electrons. The van der Waals surface area contributed by atoms with Crippen molar-refractivity contribution < 1.29 is 9.53 Å². The van der Waals surface area contributed by atoms with Crippen molar-refractivity contribution >= 4 is 5.91 Å². The highest BCUT2D eigenvalue weighted by atomic mass is 16.5. The maximum absolute atomic E-state index is 12.5. The van der Waals surface area contributed by atoms with Gasteiger partial charge in [0.15, 0.2) is 0 Å². The Bertz CT molecular complexity index is 694. The van der Waals surface area contributed by atoms with Gasteiger partial charge in [-0.2, -0.15) is 5.10 Å². The van der Waals surface area contributed by atoms with Gasteiger partial charge in [0, 0.05) is 12.6 Å². The van der Waals surface area contributed by atoms with E-state index < -0.39 is 0 Å². The number of carbonyl (C=O) groups excluding carboxylic acids is 1. The van der Waals surface area contributed by atoms with Gasteiger partial charge >= 0.3 is 0 Å². The molecule has 22 heavy (non-hydrogen) atoms. The lowest BCUT2D eigenvalue weighted by Gasteiger charge is -2.36. The second-order valence-corrected chi connectivity index (χ2v) is 5.36. The number of nitrogens with zero attached hydrogens (tertiary/aromatic N) is 2. The molecule has 1 fully saturated rings. The first-order valence-corrected chi connectivity index (χ1v) is 7.19. The van der Waals surface area contributed by atoms with Gasteiger partial charge in [-0.05, 0) is 18.6 Å². The van der Waals surface area contributed by atoms with E-state index in [1.165, 1.54) is 12.1 Å². The molecule has 6 nitrogen and oxygen atoms in total. The number of morpholine rings is 1. The first-order chi connectivity index (χ1) is 10.6. The number of carbonyl (C=O) groups is 1. The third-order valence-corrected chi connectivity index (χ3v) is 3.62. The van der Waals surface area contributed by atoms with Crippen LogP contribution in [-0.4, -0.2) is 40.2 Å². The van der Waals surface area contributed by atoms with Gasteiger partial charge in [0.25, 0.3) is 11.5 Å². The van der Waals surface area contributed by atoms with Crippen LogP contribution in [0.25, 0.3) is 0 Å². The third-order valence-electron chi connectivity index (χ3n) is 3.62. The summed E-state index contributed by atoms with van der Waals surface area (Å²) < 4.78 is 5.94. The number of amides is 1. The third kappa shape index (κ3) is 3.07. The molecular formula is C16H17N3O3. The molecular weight excluding hydrogens is 282 g/mol. The van der Waals surface area contributed by atoms with Gasteiger partial charge in [-0.1, -0.05) is 30.3 Å². The molecule has 0 spiro atoms. The van der Waals surface area contributed by atoms with Gasteiger partial charge in [0.2, 0.25) is 0 Å². The molecule has 0 unspecified atom stereocenters. The van der Waals surface area contributed by atoms with E-state index in [-0.39, 0.29) is 29.4 Å². The summed E-state index contributed by atoms with van der Waals surface area (Å²) in [5.74, 6) is -0.202. The number of H-pyrrole nitrogens is 1. The highest BCUT2D eigenvalue weighted by molar-refractivity contribution is 5.92. The van der Waals surface area contributed by atoms with Crippen LogP contribution in [-0.2, 0) is 4.74 Å². The Morgan fingerprint density at radius 1 is 1.23 bits per heavy atom. The molecule has 0 bridgehead atoms. The zero-order valence-corrected chi connectivity index (χ0v) is 12.2. The lowest BCUT2D eigenvalue weighted by Crippen LogP contribution is -2.46. The number of benzene rings is 1. The van der Waals surface area contributed by atoms with Crippen LogP contribution < -0.4 is 5.56 Å². The summed E-state index contributed by atoms with van der Waals surface area (Å²) in [6, 6.07) is 12.6. The lowest BCUT2D eigenvalue weighted by atomic mass is 10.1. The molecule has 0 saturated carbocycles. The zero-order chi connectivity index (χ0) is 15.5. The largest absolute Gasteiger partial charge is 0.367 e. The standard InChI is InChI=1S/C16H17N3O3/c1-11-9-19(16(21)13-7-8-15(20)18-17-13)10-14(22-11)12-5-3-2-4-6-12/h2-8,11,14H,9-10H2,1H3,(H,18,20)/t11-,14+/m1/s1. The number of hydrogen-bond acceptors (Lipinski definition) is 4. The Labute approximate surface area is 127 Å². The van der Waals surface area contributed by atoms with E-state index in [2.05, 4.69) is 10.2 Å². The van der Waals surface area contributed by atoms with E-state index in [1.807, 2.05) is 37.3 Å². The molecule has 1 amide bonds. The summed E-state index contributed by atoms with van der Waals surface area (Å²) in [4.78, 5) is 25.3. The molecule has 1 aromatic carbocycles. The summed E-state index contributed by atoms with van der Waals surface area (Å²) in [5.41, 5.74) is 0.954. The van der Waals surface area contributed by atoms with Crippen LogP contribution in [0.15, 0.2) is 47.3 Å². The highest BCUT2D eigenvalue weighted by Gasteiger charge is 2.30. The molecule has 1 aromatic heterocycles. The summed E-state index contributed by atoms with van der Waals surface area (Å²) in [6.07, 6.45) is -0.220. The first-order valence-electron chi connectivity index (χ1n) is 7.19. The van der Waals surface area contributed by atoms with Crippen LogP contribution in [0.2, 0.25) is 0 Å². The van der Waals surface area contributed by atoms with E-state index >= 15 is 0 Å². The van der Waals surface area contributed by atoms with Gasteiger partial charge in [-0.15, -0.1) is 0 Å². The minimum absolute atomic E-state index is 0.0642. The normalized spacial score (nSPS) is 21.6. The van der Waals surface area contributed by atoms with Gasteiger partial charge < -0.3 is 9.64 Å². The van der Waals surface area contributed by atoms with Crippen molar-refractivity contribution in [2.45, 2.75) is 19.1 Å². The number of rotatable bonds is 2. The smallest absolute Gasteiger partial charge is 0.274 e. The van der Waals surface area contributed by atoms with Crippen LogP contribution in [0.1, 0.15) is 29.1 Å². The maximum Gasteiger partial charge on any atom is 0.274 e. The molecule has 114 valence electrons. The predicted octanol–water partition coefficient (Wildman–Crippen LogP) is 1.37. The first kappa shape index (κ1) is 14.5. The number of aromatic amines is 1. The van der Waals surface area contributed by atoms with Crippen molar-refractivity contribution in [3.8, 4) is 0 Å². The Morgan fingerprint density at radius 3 is 2.68 bits per heavy atom. The topological polar surface area (TPSA) is 75.3 Å². The highest BCUT2D eigenvalue weighted by Crippen LogP contribution is 2.25. The second-order valence-electron chi connectivity index (χ2n) is 5.36. The van der Waals surface area contributed by atoms with Crippen molar-refractivity contribution in [1.82, 2.24) is 15.1 Å². The molecule has 2 atom stereocenters. The average Bonchev–Trinajstić information content (AvgIpc) is 2.55. The average molecular weight is 299 g/mol. The van der Waals surface area contributed by atoms with Gasteiger partial charge in [0.1, 0.15) is 11.8 Å². The molecule has 3 rings (SSSR count). The summed E-state index contributed by atoms with van der Waals surface area (Å²) in [7, 11) is 0. The van der Waals surface area contributed by atoms with Crippen LogP contribution in [0.4, 0.5) is 0 Å². The second kappa shape index (κ2) is 6.11. The van der Waals surface area contributed by atoms with E-state index in [1.54, 1.807) is 4.90 Å². The predicted molar refractivity (Wildman–Crippen MR) is 80.5 cm³/mol. The molecule has 1 aliphatic heterocycles. The fraction of sp³-hybridized carbons (Fsp3) is 0.312. The number of aromatic nitrogens is 2. The summed E-state index contributed by atoms with van der Waals surface area (Å²) >= 11 is 0.